The molecule has 0 fully saturated rings. The molecule has 0 aliphatic heterocycles. The van der Waals surface area contributed by atoms with Crippen molar-refractivity contribution in [1.29, 1.82) is 0 Å². The molecule has 0 radical (unpaired) electrons. The van der Waals surface area contributed by atoms with E-state index in [9.17, 15) is 54.8 Å². The number of anilines is 1. The highest BCUT2D eigenvalue weighted by molar-refractivity contribution is 7.91. The molecule has 0 saturated heterocycles. The lowest BCUT2D eigenvalue weighted by Gasteiger charge is -2.23. The molecule has 9 nitrogen and oxygen atoms in total. The number of nitrogens with zero attached hydrogens (tertiary/aromatic N) is 1. The van der Waals surface area contributed by atoms with Crippen LogP contribution in [0.25, 0.3) is 0 Å². The Bertz CT molecular complexity index is 1190. The molecule has 16 heteroatoms. The number of sulfone groups is 1. The van der Waals surface area contributed by atoms with E-state index in [1.54, 1.807) is 5.32 Å². The van der Waals surface area contributed by atoms with Crippen LogP contribution in [-0.2, 0) is 20.8 Å². The van der Waals surface area contributed by atoms with Crippen LogP contribution in [0.5, 0.6) is 5.75 Å². The van der Waals surface area contributed by atoms with Crippen LogP contribution >= 0.6 is 0 Å². The lowest BCUT2D eigenvalue weighted by atomic mass is 10.1. The SMILES string of the molecule is CC(O)(CS(=O)(=O)c1ccc(OC(F)(F)F)cc1)C(=O)Nc1ccc([N+](=O)[O-])cc1C(F)(F)F. The van der Waals surface area contributed by atoms with E-state index in [1.165, 1.54) is 0 Å². The summed E-state index contributed by atoms with van der Waals surface area (Å²) in [6, 6.07) is 4.11. The third kappa shape index (κ3) is 6.80. The van der Waals surface area contributed by atoms with Crippen LogP contribution in [0.3, 0.4) is 0 Å². The van der Waals surface area contributed by atoms with Crippen LogP contribution in [0.2, 0.25) is 0 Å². The van der Waals surface area contributed by atoms with Gasteiger partial charge in [0.15, 0.2) is 15.4 Å². The average molecular weight is 516 g/mol. The van der Waals surface area contributed by atoms with Crippen molar-refractivity contribution < 1.29 is 54.3 Å². The molecule has 0 aliphatic carbocycles. The molecular weight excluding hydrogens is 502 g/mol. The zero-order valence-corrected chi connectivity index (χ0v) is 17.6. The van der Waals surface area contributed by atoms with Crippen molar-refractivity contribution in [2.75, 3.05) is 11.1 Å². The predicted octanol–water partition coefficient (Wildman–Crippen LogP) is 3.68. The molecule has 2 aromatic carbocycles. The Kier molecular flexibility index (Phi) is 7.18. The number of ether oxygens (including phenoxy) is 1. The molecule has 0 spiro atoms. The summed E-state index contributed by atoms with van der Waals surface area (Å²) >= 11 is 0. The van der Waals surface area contributed by atoms with Crippen LogP contribution in [-0.4, -0.2) is 42.1 Å². The summed E-state index contributed by atoms with van der Waals surface area (Å²) in [6.07, 6.45) is -10.2. The second kappa shape index (κ2) is 9.09. The zero-order valence-electron chi connectivity index (χ0n) is 16.8. The third-order valence-corrected chi connectivity index (χ3v) is 6.08. The Labute approximate surface area is 187 Å². The fourth-order valence-corrected chi connectivity index (χ4v) is 4.20. The van der Waals surface area contributed by atoms with Crippen LogP contribution in [0.1, 0.15) is 12.5 Å². The standard InChI is InChI=1S/C18H14F6N2O7S/c1-16(28,9-34(31,32)12-5-3-11(4-6-12)33-18(22,23)24)15(27)25-14-7-2-10(26(29)30)8-13(14)17(19,20)21/h2-8,28H,9H2,1H3,(H,25,27). The fraction of sp³-hybridized carbons (Fsp3) is 0.278. The van der Waals surface area contributed by atoms with E-state index in [0.717, 1.165) is 0 Å². The number of nitro benzene ring substituents is 1. The van der Waals surface area contributed by atoms with Gasteiger partial charge in [-0.15, -0.1) is 13.2 Å². The quantitative estimate of drug-likeness (QED) is 0.326. The van der Waals surface area contributed by atoms with Gasteiger partial charge in [-0.3, -0.25) is 14.9 Å². The largest absolute Gasteiger partial charge is 0.573 e. The van der Waals surface area contributed by atoms with E-state index in [4.69, 9.17) is 0 Å². The number of hydrogen-bond donors (Lipinski definition) is 2. The Morgan fingerprint density at radius 3 is 2.12 bits per heavy atom. The number of hydrogen-bond acceptors (Lipinski definition) is 7. The van der Waals surface area contributed by atoms with Gasteiger partial charge in [0.1, 0.15) is 5.75 Å². The molecule has 0 aromatic heterocycles. The summed E-state index contributed by atoms with van der Waals surface area (Å²) in [7, 11) is -4.53. The predicted molar refractivity (Wildman–Crippen MR) is 103 cm³/mol. The minimum absolute atomic E-state index is 0.144. The van der Waals surface area contributed by atoms with Gasteiger partial charge in [0.05, 0.1) is 26.8 Å². The van der Waals surface area contributed by atoms with Crippen molar-refractivity contribution >= 4 is 27.1 Å². The highest BCUT2D eigenvalue weighted by Gasteiger charge is 2.40. The van der Waals surface area contributed by atoms with Crippen molar-refractivity contribution in [2.45, 2.75) is 30.0 Å². The molecule has 1 amide bonds. The molecule has 34 heavy (non-hydrogen) atoms. The van der Waals surface area contributed by atoms with Gasteiger partial charge >= 0.3 is 12.5 Å². The maximum atomic E-state index is 13.3. The molecular formula is C18H14F6N2O7S. The first-order valence-electron chi connectivity index (χ1n) is 8.80. The summed E-state index contributed by atoms with van der Waals surface area (Å²) in [4.78, 5) is 21.4. The summed E-state index contributed by atoms with van der Waals surface area (Å²) in [5.41, 5.74) is -6.34. The number of halogens is 6. The Morgan fingerprint density at radius 2 is 1.65 bits per heavy atom. The van der Waals surface area contributed by atoms with Gasteiger partial charge in [0, 0.05) is 12.1 Å². The number of aliphatic hydroxyl groups is 1. The molecule has 0 bridgehead atoms. The van der Waals surface area contributed by atoms with E-state index in [-0.39, 0.29) is 6.07 Å². The smallest absolute Gasteiger partial charge is 0.406 e. The Morgan fingerprint density at radius 1 is 1.09 bits per heavy atom. The van der Waals surface area contributed by atoms with E-state index in [0.29, 0.717) is 43.3 Å². The van der Waals surface area contributed by atoms with Gasteiger partial charge < -0.3 is 15.2 Å². The summed E-state index contributed by atoms with van der Waals surface area (Å²) in [6.45, 7) is 0.680. The molecule has 0 aliphatic rings. The first kappa shape index (κ1) is 26.8. The minimum atomic E-state index is -5.15. The number of benzene rings is 2. The highest BCUT2D eigenvalue weighted by atomic mass is 32.2. The van der Waals surface area contributed by atoms with E-state index in [2.05, 4.69) is 4.74 Å². The van der Waals surface area contributed by atoms with Crippen molar-refractivity contribution in [3.63, 3.8) is 0 Å². The van der Waals surface area contributed by atoms with Crippen LogP contribution in [0, 0.1) is 10.1 Å². The van der Waals surface area contributed by atoms with Crippen LogP contribution in [0.4, 0.5) is 37.7 Å². The van der Waals surface area contributed by atoms with Crippen molar-refractivity contribution in [3.05, 3.63) is 58.1 Å². The number of carbonyl (C=O) groups excluding carboxylic acids is 1. The second-order valence-electron chi connectivity index (χ2n) is 6.99. The lowest BCUT2D eigenvalue weighted by molar-refractivity contribution is -0.385. The van der Waals surface area contributed by atoms with Crippen molar-refractivity contribution in [2.24, 2.45) is 0 Å². The highest BCUT2D eigenvalue weighted by Crippen LogP contribution is 2.37. The van der Waals surface area contributed by atoms with E-state index in [1.807, 2.05) is 0 Å². The monoisotopic (exact) mass is 516 g/mol. The fourth-order valence-electron chi connectivity index (χ4n) is 2.61. The number of amides is 1. The van der Waals surface area contributed by atoms with Crippen molar-refractivity contribution in [1.82, 2.24) is 0 Å². The summed E-state index contributed by atoms with van der Waals surface area (Å²) in [5, 5.41) is 22.8. The molecule has 0 heterocycles. The maximum Gasteiger partial charge on any atom is 0.573 e. The minimum Gasteiger partial charge on any atom is -0.406 e. The number of nitro groups is 1. The molecule has 2 rings (SSSR count). The van der Waals surface area contributed by atoms with Gasteiger partial charge in [-0.05, 0) is 37.3 Å². The van der Waals surface area contributed by atoms with Gasteiger partial charge in [-0.25, -0.2) is 8.42 Å². The number of nitrogens with one attached hydrogen (secondary N) is 1. The van der Waals surface area contributed by atoms with Gasteiger partial charge in [0.25, 0.3) is 11.6 Å². The first-order chi connectivity index (χ1) is 15.3. The molecule has 1 unspecified atom stereocenters. The molecule has 2 N–H and O–H groups in total. The van der Waals surface area contributed by atoms with Crippen molar-refractivity contribution in [3.8, 4) is 5.75 Å². The van der Waals surface area contributed by atoms with E-state index >= 15 is 0 Å². The second-order valence-corrected chi connectivity index (χ2v) is 8.98. The van der Waals surface area contributed by atoms with Gasteiger partial charge in [0.2, 0.25) is 0 Å². The number of carbonyl (C=O) groups is 1. The third-order valence-electron chi connectivity index (χ3n) is 4.14. The van der Waals surface area contributed by atoms with Crippen LogP contribution in [0.15, 0.2) is 47.4 Å². The topological polar surface area (TPSA) is 136 Å². The maximum absolute atomic E-state index is 13.3. The average Bonchev–Trinajstić information content (AvgIpc) is 2.65. The zero-order chi connectivity index (χ0) is 26.1. The Hall–Kier alpha value is -3.40. The number of alkyl halides is 6. The normalized spacial score (nSPS) is 14.2. The molecule has 0 saturated carbocycles. The van der Waals surface area contributed by atoms with Gasteiger partial charge in [-0.1, -0.05) is 0 Å². The summed E-state index contributed by atoms with van der Waals surface area (Å²) in [5.74, 6) is -3.69. The Balaban J connectivity index is 2.26. The van der Waals surface area contributed by atoms with Gasteiger partial charge in [-0.2, -0.15) is 13.2 Å². The molecule has 186 valence electrons. The molecule has 2 aromatic rings. The lowest BCUT2D eigenvalue weighted by Crippen LogP contribution is -2.46. The van der Waals surface area contributed by atoms with Crippen LogP contribution < -0.4 is 10.1 Å². The molecule has 1 atom stereocenters. The summed E-state index contributed by atoms with van der Waals surface area (Å²) < 4.78 is 105. The first-order valence-corrected chi connectivity index (χ1v) is 10.4. The number of rotatable bonds is 7. The number of non-ortho nitro benzene ring substituents is 1. The van der Waals surface area contributed by atoms with E-state index < -0.39 is 72.1 Å².